The standard InChI is InChI=1S/C10H7Cl2N/c11-9-4-3-8(7-10(9)12)13-5-1-2-6-13/h3-4,7H,5-6H2. The summed E-state index contributed by atoms with van der Waals surface area (Å²) in [6, 6.07) is 5.61. The van der Waals surface area contributed by atoms with Crippen LogP contribution < -0.4 is 4.90 Å². The molecule has 1 heterocycles. The molecule has 0 saturated carbocycles. The van der Waals surface area contributed by atoms with Crippen LogP contribution in [0, 0.1) is 11.8 Å². The van der Waals surface area contributed by atoms with E-state index in [1.807, 2.05) is 12.1 Å². The lowest BCUT2D eigenvalue weighted by Gasteiger charge is -2.16. The molecule has 1 aromatic carbocycles. The average molecular weight is 212 g/mol. The van der Waals surface area contributed by atoms with E-state index in [9.17, 15) is 0 Å². The lowest BCUT2D eigenvalue weighted by Crippen LogP contribution is -2.19. The van der Waals surface area contributed by atoms with Crippen molar-refractivity contribution in [3.8, 4) is 11.8 Å². The minimum atomic E-state index is 0.588. The fourth-order valence-corrected chi connectivity index (χ4v) is 1.52. The summed E-state index contributed by atoms with van der Waals surface area (Å²) in [5.74, 6) is 6.01. The van der Waals surface area contributed by atoms with Gasteiger partial charge in [-0.05, 0) is 18.2 Å². The summed E-state index contributed by atoms with van der Waals surface area (Å²) in [7, 11) is 0. The maximum absolute atomic E-state index is 5.89. The molecule has 3 heteroatoms. The van der Waals surface area contributed by atoms with E-state index >= 15 is 0 Å². The van der Waals surface area contributed by atoms with Crippen molar-refractivity contribution in [2.24, 2.45) is 0 Å². The zero-order chi connectivity index (χ0) is 9.26. The van der Waals surface area contributed by atoms with Gasteiger partial charge in [0.1, 0.15) is 0 Å². The second kappa shape index (κ2) is 3.49. The zero-order valence-electron chi connectivity index (χ0n) is 6.85. The molecule has 0 fully saturated rings. The molecule has 0 aromatic heterocycles. The fraction of sp³-hybridized carbons (Fsp3) is 0.200. The average Bonchev–Trinajstić information content (AvgIpc) is 2.62. The Balaban J connectivity index is 2.26. The highest BCUT2D eigenvalue weighted by Crippen LogP contribution is 2.27. The topological polar surface area (TPSA) is 3.24 Å². The molecule has 0 atom stereocenters. The number of halogens is 2. The van der Waals surface area contributed by atoms with E-state index in [0.29, 0.717) is 10.0 Å². The van der Waals surface area contributed by atoms with E-state index < -0.39 is 0 Å². The molecule has 1 aromatic rings. The first-order valence-electron chi connectivity index (χ1n) is 3.93. The second-order valence-electron chi connectivity index (χ2n) is 2.81. The van der Waals surface area contributed by atoms with E-state index in [1.54, 1.807) is 6.07 Å². The normalized spacial score (nSPS) is 14.2. The van der Waals surface area contributed by atoms with Crippen LogP contribution in [0.15, 0.2) is 18.2 Å². The molecule has 0 amide bonds. The van der Waals surface area contributed by atoms with Crippen LogP contribution >= 0.6 is 23.2 Å². The number of nitrogens with zero attached hydrogens (tertiary/aromatic N) is 1. The molecule has 0 N–H and O–H groups in total. The Morgan fingerprint density at radius 3 is 2.38 bits per heavy atom. The number of anilines is 1. The van der Waals surface area contributed by atoms with Crippen molar-refractivity contribution >= 4 is 28.9 Å². The highest BCUT2D eigenvalue weighted by molar-refractivity contribution is 6.42. The molecule has 13 heavy (non-hydrogen) atoms. The van der Waals surface area contributed by atoms with Crippen LogP contribution in [0.25, 0.3) is 0 Å². The van der Waals surface area contributed by atoms with Gasteiger partial charge in [-0.25, -0.2) is 0 Å². The van der Waals surface area contributed by atoms with Crippen LogP contribution in [-0.4, -0.2) is 13.1 Å². The van der Waals surface area contributed by atoms with Gasteiger partial charge in [-0.3, -0.25) is 0 Å². The van der Waals surface area contributed by atoms with Crippen molar-refractivity contribution in [1.29, 1.82) is 0 Å². The molecule has 0 bridgehead atoms. The first kappa shape index (κ1) is 8.74. The monoisotopic (exact) mass is 211 g/mol. The van der Waals surface area contributed by atoms with E-state index in [-0.39, 0.29) is 0 Å². The van der Waals surface area contributed by atoms with Gasteiger partial charge in [0.05, 0.1) is 23.1 Å². The van der Waals surface area contributed by atoms with E-state index in [1.165, 1.54) is 0 Å². The van der Waals surface area contributed by atoms with Crippen LogP contribution in [0.3, 0.4) is 0 Å². The van der Waals surface area contributed by atoms with Crippen LogP contribution in [0.5, 0.6) is 0 Å². The molecule has 66 valence electrons. The second-order valence-corrected chi connectivity index (χ2v) is 3.62. The molecule has 0 aliphatic carbocycles. The van der Waals surface area contributed by atoms with Crippen molar-refractivity contribution in [2.45, 2.75) is 0 Å². The summed E-state index contributed by atoms with van der Waals surface area (Å²) < 4.78 is 0. The Bertz CT molecular complexity index is 380. The lowest BCUT2D eigenvalue weighted by atomic mass is 10.3. The Labute approximate surface area is 87.3 Å². The first-order valence-corrected chi connectivity index (χ1v) is 4.69. The molecule has 2 rings (SSSR count). The molecule has 0 unspecified atom stereocenters. The van der Waals surface area contributed by atoms with E-state index in [0.717, 1.165) is 18.8 Å². The van der Waals surface area contributed by atoms with Crippen LogP contribution in [0.4, 0.5) is 5.69 Å². The molecular formula is C10H7Cl2N. The van der Waals surface area contributed by atoms with Crippen molar-refractivity contribution in [1.82, 2.24) is 0 Å². The van der Waals surface area contributed by atoms with Gasteiger partial charge >= 0.3 is 0 Å². The van der Waals surface area contributed by atoms with Crippen LogP contribution in [0.2, 0.25) is 10.0 Å². The Kier molecular flexibility index (Phi) is 2.35. The SMILES string of the molecule is Clc1ccc(N2CC#CC2)cc1Cl. The van der Waals surface area contributed by atoms with Gasteiger partial charge in [-0.2, -0.15) is 0 Å². The lowest BCUT2D eigenvalue weighted by molar-refractivity contribution is 1.02. The van der Waals surface area contributed by atoms with E-state index in [2.05, 4.69) is 16.7 Å². The number of rotatable bonds is 1. The number of hydrogen-bond donors (Lipinski definition) is 0. The highest BCUT2D eigenvalue weighted by atomic mass is 35.5. The highest BCUT2D eigenvalue weighted by Gasteiger charge is 2.08. The summed E-state index contributed by atoms with van der Waals surface area (Å²) >= 11 is 11.7. The third kappa shape index (κ3) is 1.75. The van der Waals surface area contributed by atoms with Gasteiger partial charge in [-0.15, -0.1) is 0 Å². The zero-order valence-corrected chi connectivity index (χ0v) is 8.36. The van der Waals surface area contributed by atoms with Gasteiger partial charge < -0.3 is 4.90 Å². The molecule has 0 radical (unpaired) electrons. The molecular weight excluding hydrogens is 205 g/mol. The van der Waals surface area contributed by atoms with Gasteiger partial charge in [0.2, 0.25) is 0 Å². The Hall–Kier alpha value is -0.840. The van der Waals surface area contributed by atoms with E-state index in [4.69, 9.17) is 23.2 Å². The smallest absolute Gasteiger partial charge is 0.0804 e. The van der Waals surface area contributed by atoms with Crippen molar-refractivity contribution in [3.63, 3.8) is 0 Å². The third-order valence-electron chi connectivity index (χ3n) is 1.93. The Morgan fingerprint density at radius 1 is 1.08 bits per heavy atom. The Morgan fingerprint density at radius 2 is 1.77 bits per heavy atom. The van der Waals surface area contributed by atoms with Gasteiger partial charge in [0.15, 0.2) is 0 Å². The maximum Gasteiger partial charge on any atom is 0.0804 e. The summed E-state index contributed by atoms with van der Waals surface area (Å²) in [6.45, 7) is 1.55. The molecule has 0 saturated heterocycles. The first-order chi connectivity index (χ1) is 6.27. The molecule has 0 spiro atoms. The summed E-state index contributed by atoms with van der Waals surface area (Å²) in [6.07, 6.45) is 0. The third-order valence-corrected chi connectivity index (χ3v) is 2.67. The summed E-state index contributed by atoms with van der Waals surface area (Å²) in [4.78, 5) is 2.11. The maximum atomic E-state index is 5.89. The van der Waals surface area contributed by atoms with Gasteiger partial charge in [-0.1, -0.05) is 35.0 Å². The number of benzene rings is 1. The molecule has 1 nitrogen and oxygen atoms in total. The predicted molar refractivity (Wildman–Crippen MR) is 56.5 cm³/mol. The quantitative estimate of drug-likeness (QED) is 0.647. The summed E-state index contributed by atoms with van der Waals surface area (Å²) in [5, 5.41) is 1.18. The van der Waals surface area contributed by atoms with Crippen LogP contribution in [-0.2, 0) is 0 Å². The van der Waals surface area contributed by atoms with Gasteiger partial charge in [0.25, 0.3) is 0 Å². The van der Waals surface area contributed by atoms with Crippen molar-refractivity contribution in [2.75, 3.05) is 18.0 Å². The predicted octanol–water partition coefficient (Wildman–Crippen LogP) is 2.82. The summed E-state index contributed by atoms with van der Waals surface area (Å²) in [5.41, 5.74) is 1.06. The minimum Gasteiger partial charge on any atom is -0.349 e. The van der Waals surface area contributed by atoms with Crippen molar-refractivity contribution in [3.05, 3.63) is 28.2 Å². The number of hydrogen-bond acceptors (Lipinski definition) is 1. The largest absolute Gasteiger partial charge is 0.349 e. The van der Waals surface area contributed by atoms with Crippen molar-refractivity contribution < 1.29 is 0 Å². The van der Waals surface area contributed by atoms with Crippen LogP contribution in [0.1, 0.15) is 0 Å². The minimum absolute atomic E-state index is 0.588. The molecule has 1 aliphatic rings. The van der Waals surface area contributed by atoms with Gasteiger partial charge in [0, 0.05) is 5.69 Å². The molecule has 1 aliphatic heterocycles. The fourth-order valence-electron chi connectivity index (χ4n) is 1.22.